The molecule has 1 heterocycles. The van der Waals surface area contributed by atoms with Gasteiger partial charge in [0.2, 0.25) is 5.91 Å². The van der Waals surface area contributed by atoms with Gasteiger partial charge in [0, 0.05) is 6.42 Å². The molecule has 1 rings (SSSR count). The molecule has 0 bridgehead atoms. The van der Waals surface area contributed by atoms with Gasteiger partial charge in [0.05, 0.1) is 6.07 Å². The Kier molecular flexibility index (Phi) is 6.18. The quantitative estimate of drug-likeness (QED) is 0.812. The van der Waals surface area contributed by atoms with Gasteiger partial charge in [0.15, 0.2) is 0 Å². The Balaban J connectivity index is 2.69. The first-order valence-electron chi connectivity index (χ1n) is 6.47. The summed E-state index contributed by atoms with van der Waals surface area (Å²) in [5, 5.41) is 17.3. The van der Waals surface area contributed by atoms with Crippen LogP contribution in [-0.4, -0.2) is 30.2 Å². The van der Waals surface area contributed by atoms with Gasteiger partial charge in [-0.25, -0.2) is 4.79 Å². The number of rotatable bonds is 5. The van der Waals surface area contributed by atoms with Crippen LogP contribution in [0.5, 0.6) is 0 Å². The molecule has 0 aliphatic heterocycles. The molecule has 0 fully saturated rings. The highest BCUT2D eigenvalue weighted by Crippen LogP contribution is 2.11. The smallest absolute Gasteiger partial charge is 0.408 e. The molecular weight excluding hydrogens is 290 g/mol. The lowest BCUT2D eigenvalue weighted by Gasteiger charge is -2.23. The Labute approximate surface area is 128 Å². The third-order valence-electron chi connectivity index (χ3n) is 2.37. The van der Waals surface area contributed by atoms with Crippen molar-refractivity contribution >= 4 is 23.3 Å². The zero-order chi connectivity index (χ0) is 15.9. The molecule has 0 aliphatic carbocycles. The normalized spacial score (nSPS) is 12.1. The summed E-state index contributed by atoms with van der Waals surface area (Å²) in [4.78, 5) is 23.8. The van der Waals surface area contributed by atoms with Gasteiger partial charge in [-0.3, -0.25) is 4.79 Å². The number of hydrogen-bond acceptors (Lipinski definition) is 5. The molecule has 21 heavy (non-hydrogen) atoms. The minimum atomic E-state index is -0.775. The molecule has 0 aliphatic rings. The van der Waals surface area contributed by atoms with Crippen molar-refractivity contribution in [3.05, 3.63) is 22.4 Å². The molecule has 114 valence electrons. The van der Waals surface area contributed by atoms with Crippen LogP contribution in [0.4, 0.5) is 4.79 Å². The fourth-order valence-corrected chi connectivity index (χ4v) is 2.23. The van der Waals surface area contributed by atoms with Crippen LogP contribution in [0.15, 0.2) is 16.8 Å². The van der Waals surface area contributed by atoms with Gasteiger partial charge in [0.25, 0.3) is 0 Å². The van der Waals surface area contributed by atoms with Crippen molar-refractivity contribution in [1.82, 2.24) is 10.6 Å². The molecule has 0 unspecified atom stereocenters. The summed E-state index contributed by atoms with van der Waals surface area (Å²) in [5.74, 6) is -0.409. The van der Waals surface area contributed by atoms with E-state index >= 15 is 0 Å². The summed E-state index contributed by atoms with van der Waals surface area (Å²) < 4.78 is 5.15. The summed E-state index contributed by atoms with van der Waals surface area (Å²) in [6.45, 7) is 5.14. The Morgan fingerprint density at radius 1 is 1.48 bits per heavy atom. The van der Waals surface area contributed by atoms with Gasteiger partial charge < -0.3 is 15.4 Å². The largest absolute Gasteiger partial charge is 0.444 e. The van der Waals surface area contributed by atoms with Crippen LogP contribution in [-0.2, 0) is 16.0 Å². The van der Waals surface area contributed by atoms with Crippen LogP contribution < -0.4 is 10.6 Å². The number of carbonyl (C=O) groups is 2. The summed E-state index contributed by atoms with van der Waals surface area (Å²) in [6.07, 6.45) is -0.310. The number of nitrogens with one attached hydrogen (secondary N) is 2. The lowest BCUT2D eigenvalue weighted by molar-refractivity contribution is -0.122. The van der Waals surface area contributed by atoms with E-state index in [-0.39, 0.29) is 6.54 Å². The van der Waals surface area contributed by atoms with Gasteiger partial charge in [-0.05, 0) is 43.2 Å². The molecule has 1 atom stereocenters. The van der Waals surface area contributed by atoms with Crippen LogP contribution in [0, 0.1) is 11.3 Å². The second-order valence-corrected chi connectivity index (χ2v) is 6.19. The minimum absolute atomic E-state index is 0.102. The first-order valence-corrected chi connectivity index (χ1v) is 7.41. The van der Waals surface area contributed by atoms with Crippen molar-refractivity contribution in [3.63, 3.8) is 0 Å². The molecule has 0 saturated carbocycles. The first-order chi connectivity index (χ1) is 9.81. The lowest BCUT2D eigenvalue weighted by Crippen LogP contribution is -2.49. The van der Waals surface area contributed by atoms with Gasteiger partial charge in [0.1, 0.15) is 18.2 Å². The highest BCUT2D eigenvalue weighted by atomic mass is 32.1. The summed E-state index contributed by atoms with van der Waals surface area (Å²) in [6, 6.07) is 2.94. The van der Waals surface area contributed by atoms with E-state index in [2.05, 4.69) is 10.6 Å². The SMILES string of the molecule is CC(C)(C)OC(=O)N[C@@H](Cc1ccsc1)C(=O)NCC#N. The Morgan fingerprint density at radius 3 is 2.71 bits per heavy atom. The van der Waals surface area contributed by atoms with Crippen LogP contribution >= 0.6 is 11.3 Å². The van der Waals surface area contributed by atoms with Crippen LogP contribution in [0.1, 0.15) is 26.3 Å². The number of nitrogens with zero attached hydrogens (tertiary/aromatic N) is 1. The molecule has 2 amide bonds. The predicted molar refractivity (Wildman–Crippen MR) is 79.8 cm³/mol. The second-order valence-electron chi connectivity index (χ2n) is 5.41. The van der Waals surface area contributed by atoms with E-state index in [1.54, 1.807) is 20.8 Å². The molecule has 2 N–H and O–H groups in total. The van der Waals surface area contributed by atoms with E-state index in [1.165, 1.54) is 11.3 Å². The molecular formula is C14H19N3O3S. The number of ether oxygens (including phenoxy) is 1. The van der Waals surface area contributed by atoms with E-state index in [0.717, 1.165) is 5.56 Å². The van der Waals surface area contributed by atoms with Crippen molar-refractivity contribution in [2.45, 2.75) is 38.8 Å². The third-order valence-corrected chi connectivity index (χ3v) is 3.10. The van der Waals surface area contributed by atoms with Crippen molar-refractivity contribution in [2.24, 2.45) is 0 Å². The summed E-state index contributed by atoms with van der Waals surface area (Å²) >= 11 is 1.51. The maximum atomic E-state index is 12.0. The number of hydrogen-bond donors (Lipinski definition) is 2. The van der Waals surface area contributed by atoms with Crippen molar-refractivity contribution < 1.29 is 14.3 Å². The predicted octanol–water partition coefficient (Wildman–Crippen LogP) is 1.82. The molecule has 0 saturated heterocycles. The van der Waals surface area contributed by atoms with E-state index < -0.39 is 23.6 Å². The number of thiophene rings is 1. The van der Waals surface area contributed by atoms with Crippen LogP contribution in [0.25, 0.3) is 0 Å². The number of alkyl carbamates (subject to hydrolysis) is 1. The van der Waals surface area contributed by atoms with E-state index in [9.17, 15) is 9.59 Å². The van der Waals surface area contributed by atoms with Crippen LogP contribution in [0.3, 0.4) is 0 Å². The van der Waals surface area contributed by atoms with Gasteiger partial charge in [-0.2, -0.15) is 16.6 Å². The van der Waals surface area contributed by atoms with E-state index in [4.69, 9.17) is 10.00 Å². The van der Waals surface area contributed by atoms with Crippen molar-refractivity contribution in [1.29, 1.82) is 5.26 Å². The average molecular weight is 309 g/mol. The van der Waals surface area contributed by atoms with Crippen LogP contribution in [0.2, 0.25) is 0 Å². The highest BCUT2D eigenvalue weighted by molar-refractivity contribution is 7.07. The summed E-state index contributed by atoms with van der Waals surface area (Å²) in [7, 11) is 0. The fourth-order valence-electron chi connectivity index (χ4n) is 1.55. The second kappa shape index (κ2) is 7.64. The highest BCUT2D eigenvalue weighted by Gasteiger charge is 2.24. The zero-order valence-corrected chi connectivity index (χ0v) is 13.1. The Hall–Kier alpha value is -2.07. The van der Waals surface area contributed by atoms with Gasteiger partial charge >= 0.3 is 6.09 Å². The number of carbonyl (C=O) groups excluding carboxylic acids is 2. The third kappa shape index (κ3) is 6.77. The monoisotopic (exact) mass is 309 g/mol. The summed E-state index contributed by atoms with van der Waals surface area (Å²) in [5.41, 5.74) is 0.299. The van der Waals surface area contributed by atoms with Crippen molar-refractivity contribution in [2.75, 3.05) is 6.54 Å². The molecule has 0 aromatic carbocycles. The number of nitriles is 1. The topological polar surface area (TPSA) is 91.2 Å². The Bertz CT molecular complexity index is 515. The number of amides is 2. The maximum absolute atomic E-state index is 12.0. The standard InChI is InChI=1S/C14H19N3O3S/c1-14(2,3)20-13(19)17-11(12(18)16-6-5-15)8-10-4-7-21-9-10/h4,7,9,11H,6,8H2,1-3H3,(H,16,18)(H,17,19)/t11-/m0/s1. The van der Waals surface area contributed by atoms with E-state index in [0.29, 0.717) is 6.42 Å². The molecule has 1 aromatic rings. The molecule has 0 spiro atoms. The maximum Gasteiger partial charge on any atom is 0.408 e. The first kappa shape index (κ1) is 17.0. The zero-order valence-electron chi connectivity index (χ0n) is 12.3. The van der Waals surface area contributed by atoms with Gasteiger partial charge in [-0.15, -0.1) is 0 Å². The molecule has 7 heteroatoms. The lowest BCUT2D eigenvalue weighted by atomic mass is 10.1. The minimum Gasteiger partial charge on any atom is -0.444 e. The molecule has 6 nitrogen and oxygen atoms in total. The Morgan fingerprint density at radius 2 is 2.19 bits per heavy atom. The fraction of sp³-hybridized carbons (Fsp3) is 0.500. The van der Waals surface area contributed by atoms with Gasteiger partial charge in [-0.1, -0.05) is 0 Å². The molecule has 0 radical (unpaired) electrons. The molecule has 1 aromatic heterocycles. The van der Waals surface area contributed by atoms with E-state index in [1.807, 2.05) is 22.9 Å². The average Bonchev–Trinajstić information content (AvgIpc) is 2.85. The van der Waals surface area contributed by atoms with Crippen molar-refractivity contribution in [3.8, 4) is 6.07 Å².